The van der Waals surface area contributed by atoms with Gasteiger partial charge in [0, 0.05) is 13.2 Å². The molecular weight excluding hydrogens is 295 g/mol. The molecule has 0 aliphatic rings. The summed E-state index contributed by atoms with van der Waals surface area (Å²) in [5, 5.41) is 8.75. The number of hydrogen-bond acceptors (Lipinski definition) is 3. The van der Waals surface area contributed by atoms with Crippen molar-refractivity contribution in [3.05, 3.63) is 21.0 Å². The number of hydrogen-bond donors (Lipinski definition) is 0. The Morgan fingerprint density at radius 2 is 2.43 bits per heavy atom. The highest BCUT2D eigenvalue weighted by Crippen LogP contribution is 2.19. The van der Waals surface area contributed by atoms with Gasteiger partial charge in [-0.2, -0.15) is 5.26 Å². The normalized spacial score (nSPS) is 9.57. The van der Waals surface area contributed by atoms with Crippen molar-refractivity contribution in [2.24, 2.45) is 7.05 Å². The Balaban J connectivity index is 3.15. The van der Waals surface area contributed by atoms with Crippen LogP contribution in [-0.4, -0.2) is 17.1 Å². The van der Waals surface area contributed by atoms with Gasteiger partial charge >= 0.3 is 5.97 Å². The Morgan fingerprint density at radius 1 is 1.79 bits per heavy atom. The van der Waals surface area contributed by atoms with Gasteiger partial charge in [0.15, 0.2) is 0 Å². The highest BCUT2D eigenvalue weighted by molar-refractivity contribution is 14.1. The fraction of sp³-hybridized carbons (Fsp3) is 0.333. The molecule has 14 heavy (non-hydrogen) atoms. The first-order valence-electron chi connectivity index (χ1n) is 4.03. The van der Waals surface area contributed by atoms with Gasteiger partial charge in [-0.05, 0) is 29.5 Å². The molecule has 0 saturated carbocycles. The molecule has 0 radical (unpaired) electrons. The molecule has 0 saturated heterocycles. The molecule has 0 atom stereocenters. The van der Waals surface area contributed by atoms with E-state index in [0.29, 0.717) is 21.4 Å². The fourth-order valence-corrected chi connectivity index (χ4v) is 1.97. The fourth-order valence-electron chi connectivity index (χ4n) is 1.11. The predicted octanol–water partition coefficient (Wildman–Crippen LogP) is 1.68. The maximum absolute atomic E-state index is 11.5. The van der Waals surface area contributed by atoms with Crippen LogP contribution in [0.3, 0.4) is 0 Å². The first-order valence-corrected chi connectivity index (χ1v) is 5.11. The zero-order valence-corrected chi connectivity index (χ0v) is 10.0. The lowest BCUT2D eigenvalue weighted by molar-refractivity contribution is 0.0514. The van der Waals surface area contributed by atoms with Gasteiger partial charge in [0.2, 0.25) is 0 Å². The summed E-state index contributed by atoms with van der Waals surface area (Å²) in [6.45, 7) is 2.08. The molecular formula is C9H9IN2O2. The monoisotopic (exact) mass is 304 g/mol. The average Bonchev–Trinajstić information content (AvgIpc) is 2.41. The molecule has 4 nitrogen and oxygen atoms in total. The molecule has 1 aromatic rings. The smallest absolute Gasteiger partial charge is 0.356 e. The Labute approximate surface area is 95.6 Å². The van der Waals surface area contributed by atoms with Crippen LogP contribution in [0.25, 0.3) is 0 Å². The minimum atomic E-state index is -0.388. The second-order valence-electron chi connectivity index (χ2n) is 2.65. The van der Waals surface area contributed by atoms with Crippen LogP contribution in [0.1, 0.15) is 23.0 Å². The van der Waals surface area contributed by atoms with Crippen LogP contribution in [0, 0.1) is 14.9 Å². The van der Waals surface area contributed by atoms with E-state index in [4.69, 9.17) is 10.00 Å². The van der Waals surface area contributed by atoms with E-state index < -0.39 is 0 Å². The molecule has 0 fully saturated rings. The second-order valence-corrected chi connectivity index (χ2v) is 3.73. The molecule has 5 heteroatoms. The topological polar surface area (TPSA) is 55.0 Å². The van der Waals surface area contributed by atoms with Crippen molar-refractivity contribution in [3.63, 3.8) is 0 Å². The van der Waals surface area contributed by atoms with E-state index in [2.05, 4.69) is 0 Å². The summed E-state index contributed by atoms with van der Waals surface area (Å²) in [5.41, 5.74) is 0.931. The first-order chi connectivity index (χ1) is 6.61. The summed E-state index contributed by atoms with van der Waals surface area (Å²) in [4.78, 5) is 11.5. The predicted molar refractivity (Wildman–Crippen MR) is 58.8 cm³/mol. The van der Waals surface area contributed by atoms with Crippen molar-refractivity contribution in [2.75, 3.05) is 6.61 Å². The van der Waals surface area contributed by atoms with Gasteiger partial charge in [0.1, 0.15) is 11.8 Å². The standard InChI is InChI=1S/C9H9IN2O2/c1-3-14-9(13)8-7(10)6(4-11)5-12(8)2/h5H,3H2,1-2H3. The number of halogens is 1. The highest BCUT2D eigenvalue weighted by Gasteiger charge is 2.19. The van der Waals surface area contributed by atoms with Gasteiger partial charge < -0.3 is 9.30 Å². The Kier molecular flexibility index (Phi) is 3.52. The lowest BCUT2D eigenvalue weighted by Crippen LogP contribution is -2.10. The summed E-state index contributed by atoms with van der Waals surface area (Å²) in [7, 11) is 1.72. The van der Waals surface area contributed by atoms with E-state index in [1.165, 1.54) is 0 Å². The van der Waals surface area contributed by atoms with Crippen LogP contribution in [0.2, 0.25) is 0 Å². The van der Waals surface area contributed by atoms with Crippen molar-refractivity contribution in [1.29, 1.82) is 5.26 Å². The number of carbonyl (C=O) groups is 1. The van der Waals surface area contributed by atoms with E-state index in [-0.39, 0.29) is 5.97 Å². The van der Waals surface area contributed by atoms with E-state index >= 15 is 0 Å². The second kappa shape index (κ2) is 4.46. The van der Waals surface area contributed by atoms with E-state index in [1.807, 2.05) is 28.7 Å². The minimum Gasteiger partial charge on any atom is -0.461 e. The third-order valence-corrected chi connectivity index (χ3v) is 2.80. The Morgan fingerprint density at radius 3 is 2.86 bits per heavy atom. The lowest BCUT2D eigenvalue weighted by Gasteiger charge is -2.02. The number of esters is 1. The van der Waals surface area contributed by atoms with Crippen LogP contribution >= 0.6 is 22.6 Å². The van der Waals surface area contributed by atoms with Gasteiger partial charge in [-0.1, -0.05) is 0 Å². The third kappa shape index (κ3) is 1.90. The van der Waals surface area contributed by atoms with Gasteiger partial charge in [-0.3, -0.25) is 0 Å². The van der Waals surface area contributed by atoms with Gasteiger partial charge in [-0.15, -0.1) is 0 Å². The van der Waals surface area contributed by atoms with Crippen molar-refractivity contribution in [1.82, 2.24) is 4.57 Å². The van der Waals surface area contributed by atoms with E-state index in [9.17, 15) is 4.79 Å². The minimum absolute atomic E-state index is 0.335. The number of ether oxygens (including phenoxy) is 1. The molecule has 0 aliphatic heterocycles. The lowest BCUT2D eigenvalue weighted by atomic mass is 10.3. The van der Waals surface area contributed by atoms with E-state index in [1.54, 1.807) is 24.7 Å². The SMILES string of the molecule is CCOC(=O)c1c(I)c(C#N)cn1C. The Hall–Kier alpha value is -1.03. The first kappa shape index (κ1) is 11.0. The molecule has 0 N–H and O–H groups in total. The van der Waals surface area contributed by atoms with Crippen LogP contribution < -0.4 is 0 Å². The highest BCUT2D eigenvalue weighted by atomic mass is 127. The molecule has 0 unspecified atom stereocenters. The number of aromatic nitrogens is 1. The summed E-state index contributed by atoms with van der Waals surface area (Å²) in [5.74, 6) is -0.388. The summed E-state index contributed by atoms with van der Waals surface area (Å²) < 4.78 is 7.13. The van der Waals surface area contributed by atoms with Crippen molar-refractivity contribution < 1.29 is 9.53 Å². The Bertz CT molecular complexity index is 404. The number of nitriles is 1. The molecule has 1 heterocycles. The third-order valence-electron chi connectivity index (χ3n) is 1.71. The van der Waals surface area contributed by atoms with Gasteiger partial charge in [-0.25, -0.2) is 4.79 Å². The zero-order chi connectivity index (χ0) is 10.7. The zero-order valence-electron chi connectivity index (χ0n) is 7.87. The molecule has 1 rings (SSSR count). The van der Waals surface area contributed by atoms with E-state index in [0.717, 1.165) is 0 Å². The molecule has 0 aliphatic carbocycles. The van der Waals surface area contributed by atoms with Crippen LogP contribution in [-0.2, 0) is 11.8 Å². The molecule has 0 aromatic carbocycles. The van der Waals surface area contributed by atoms with Crippen LogP contribution in [0.5, 0.6) is 0 Å². The summed E-state index contributed by atoms with van der Waals surface area (Å²) in [6.07, 6.45) is 1.62. The van der Waals surface area contributed by atoms with Crippen molar-refractivity contribution in [2.45, 2.75) is 6.92 Å². The number of aryl methyl sites for hydroxylation is 1. The van der Waals surface area contributed by atoms with Crippen molar-refractivity contribution in [3.8, 4) is 6.07 Å². The number of carbonyl (C=O) groups excluding carboxylic acids is 1. The van der Waals surface area contributed by atoms with Crippen LogP contribution in [0.15, 0.2) is 6.20 Å². The molecule has 0 amide bonds. The maximum Gasteiger partial charge on any atom is 0.356 e. The quantitative estimate of drug-likeness (QED) is 0.617. The number of nitrogens with zero attached hydrogens (tertiary/aromatic N) is 2. The van der Waals surface area contributed by atoms with Gasteiger partial charge in [0.25, 0.3) is 0 Å². The molecule has 0 spiro atoms. The number of rotatable bonds is 2. The molecule has 74 valence electrons. The molecule has 0 bridgehead atoms. The summed E-state index contributed by atoms with van der Waals surface area (Å²) >= 11 is 1.97. The largest absolute Gasteiger partial charge is 0.461 e. The van der Waals surface area contributed by atoms with Crippen molar-refractivity contribution >= 4 is 28.6 Å². The van der Waals surface area contributed by atoms with Gasteiger partial charge in [0.05, 0.1) is 15.7 Å². The summed E-state index contributed by atoms with van der Waals surface area (Å²) in [6, 6.07) is 2.02. The molecule has 1 aromatic heterocycles. The average molecular weight is 304 g/mol. The van der Waals surface area contributed by atoms with Crippen LogP contribution in [0.4, 0.5) is 0 Å². The maximum atomic E-state index is 11.5.